The summed E-state index contributed by atoms with van der Waals surface area (Å²) in [6.07, 6.45) is 0.843. The van der Waals surface area contributed by atoms with Gasteiger partial charge in [0.05, 0.1) is 5.69 Å². The molecule has 0 unspecified atom stereocenters. The van der Waals surface area contributed by atoms with E-state index in [1.807, 2.05) is 11.4 Å². The number of carbonyl (C=O) groups is 1. The molecule has 2 rings (SSSR count). The van der Waals surface area contributed by atoms with Crippen molar-refractivity contribution in [2.24, 2.45) is 0 Å². The lowest BCUT2D eigenvalue weighted by molar-refractivity contribution is 0.0924. The lowest BCUT2D eigenvalue weighted by Gasteiger charge is -2.01. The number of nitrogens with one attached hydrogen (secondary N) is 1. The van der Waals surface area contributed by atoms with Gasteiger partial charge < -0.3 is 9.73 Å². The molecule has 0 aliphatic heterocycles. The molecule has 0 fully saturated rings. The zero-order valence-corrected chi connectivity index (χ0v) is 10.6. The summed E-state index contributed by atoms with van der Waals surface area (Å²) < 4.78 is 5.24. The molecule has 0 saturated heterocycles. The summed E-state index contributed by atoms with van der Waals surface area (Å²) >= 11 is 1.69. The van der Waals surface area contributed by atoms with Gasteiger partial charge in [-0.1, -0.05) is 6.07 Å². The number of aromatic nitrogens is 1. The first kappa shape index (κ1) is 11.9. The van der Waals surface area contributed by atoms with E-state index in [0.717, 1.165) is 6.42 Å². The molecule has 2 aromatic rings. The van der Waals surface area contributed by atoms with E-state index in [9.17, 15) is 4.79 Å². The molecule has 1 N–H and O–H groups in total. The Labute approximate surface area is 104 Å². The second kappa shape index (κ2) is 5.14. The monoisotopic (exact) mass is 250 g/mol. The van der Waals surface area contributed by atoms with Crippen molar-refractivity contribution in [3.05, 3.63) is 39.7 Å². The SMILES string of the molecule is Cc1nc(C)c(C(=O)NCCc2cccs2)o1. The maximum atomic E-state index is 11.8. The topological polar surface area (TPSA) is 55.1 Å². The molecule has 0 spiro atoms. The fraction of sp³-hybridized carbons (Fsp3) is 0.333. The summed E-state index contributed by atoms with van der Waals surface area (Å²) in [5.74, 6) is 0.638. The highest BCUT2D eigenvalue weighted by molar-refractivity contribution is 7.09. The van der Waals surface area contributed by atoms with Gasteiger partial charge in [-0.2, -0.15) is 0 Å². The summed E-state index contributed by atoms with van der Waals surface area (Å²) in [6, 6.07) is 4.06. The van der Waals surface area contributed by atoms with Crippen molar-refractivity contribution < 1.29 is 9.21 Å². The van der Waals surface area contributed by atoms with Crippen LogP contribution in [0.1, 0.15) is 27.0 Å². The van der Waals surface area contributed by atoms with Crippen LogP contribution in [-0.2, 0) is 6.42 Å². The average Bonchev–Trinajstić information content (AvgIpc) is 2.88. The number of rotatable bonds is 4. The molecule has 2 heterocycles. The first-order chi connectivity index (χ1) is 8.16. The molecule has 0 atom stereocenters. The number of amides is 1. The molecule has 0 radical (unpaired) electrons. The highest BCUT2D eigenvalue weighted by Crippen LogP contribution is 2.10. The molecule has 0 saturated carbocycles. The Bertz CT molecular complexity index is 503. The van der Waals surface area contributed by atoms with Gasteiger partial charge in [-0.25, -0.2) is 4.98 Å². The number of nitrogens with zero attached hydrogens (tertiary/aromatic N) is 1. The van der Waals surface area contributed by atoms with Crippen LogP contribution in [0.2, 0.25) is 0 Å². The van der Waals surface area contributed by atoms with Gasteiger partial charge in [0, 0.05) is 18.3 Å². The van der Waals surface area contributed by atoms with E-state index in [1.165, 1.54) is 4.88 Å². The molecule has 4 nitrogen and oxygen atoms in total. The molecular weight excluding hydrogens is 236 g/mol. The van der Waals surface area contributed by atoms with Crippen molar-refractivity contribution in [2.75, 3.05) is 6.54 Å². The Balaban J connectivity index is 1.87. The first-order valence-corrected chi connectivity index (χ1v) is 6.29. The van der Waals surface area contributed by atoms with Crippen molar-refractivity contribution in [1.82, 2.24) is 10.3 Å². The average molecular weight is 250 g/mol. The van der Waals surface area contributed by atoms with E-state index in [1.54, 1.807) is 25.2 Å². The van der Waals surface area contributed by atoms with Crippen molar-refractivity contribution in [3.8, 4) is 0 Å². The Morgan fingerprint density at radius 1 is 1.53 bits per heavy atom. The van der Waals surface area contributed by atoms with Gasteiger partial charge in [-0.15, -0.1) is 11.3 Å². The molecule has 0 aliphatic rings. The molecule has 0 bridgehead atoms. The van der Waals surface area contributed by atoms with Crippen molar-refractivity contribution in [1.29, 1.82) is 0 Å². The minimum atomic E-state index is -0.195. The molecule has 90 valence electrons. The highest BCUT2D eigenvalue weighted by Gasteiger charge is 2.14. The standard InChI is InChI=1S/C12H14N2O2S/c1-8-11(16-9(2)14-8)12(15)13-6-5-10-4-3-7-17-10/h3-4,7H,5-6H2,1-2H3,(H,13,15). The van der Waals surface area contributed by atoms with Gasteiger partial charge in [0.1, 0.15) is 0 Å². The molecule has 0 aromatic carbocycles. The maximum Gasteiger partial charge on any atom is 0.289 e. The predicted molar refractivity (Wildman–Crippen MR) is 66.3 cm³/mol. The normalized spacial score (nSPS) is 10.5. The van der Waals surface area contributed by atoms with E-state index in [2.05, 4.69) is 16.4 Å². The Morgan fingerprint density at radius 3 is 2.94 bits per heavy atom. The van der Waals surface area contributed by atoms with Crippen LogP contribution in [0, 0.1) is 13.8 Å². The van der Waals surface area contributed by atoms with Crippen molar-refractivity contribution >= 4 is 17.2 Å². The molecule has 0 aliphatic carbocycles. The summed E-state index contributed by atoms with van der Waals surface area (Å²) in [4.78, 5) is 17.1. The van der Waals surface area contributed by atoms with Gasteiger partial charge in [0.2, 0.25) is 5.76 Å². The maximum absolute atomic E-state index is 11.8. The fourth-order valence-electron chi connectivity index (χ4n) is 1.58. The Kier molecular flexibility index (Phi) is 3.58. The van der Waals surface area contributed by atoms with Gasteiger partial charge >= 0.3 is 0 Å². The van der Waals surface area contributed by atoms with Gasteiger partial charge in [-0.3, -0.25) is 4.79 Å². The smallest absolute Gasteiger partial charge is 0.289 e. The van der Waals surface area contributed by atoms with E-state index in [-0.39, 0.29) is 5.91 Å². The third kappa shape index (κ3) is 2.94. The van der Waals surface area contributed by atoms with Gasteiger partial charge in [-0.05, 0) is 24.8 Å². The van der Waals surface area contributed by atoms with E-state index in [4.69, 9.17) is 4.42 Å². The zero-order valence-electron chi connectivity index (χ0n) is 9.82. The van der Waals surface area contributed by atoms with E-state index in [0.29, 0.717) is 23.9 Å². The zero-order chi connectivity index (χ0) is 12.3. The van der Waals surface area contributed by atoms with Gasteiger partial charge in [0.15, 0.2) is 5.89 Å². The summed E-state index contributed by atoms with van der Waals surface area (Å²) in [5, 5.41) is 4.85. The number of hydrogen-bond donors (Lipinski definition) is 1. The minimum Gasteiger partial charge on any atom is -0.436 e. The van der Waals surface area contributed by atoms with Crippen LogP contribution >= 0.6 is 11.3 Å². The van der Waals surface area contributed by atoms with Crippen molar-refractivity contribution in [3.63, 3.8) is 0 Å². The van der Waals surface area contributed by atoms with E-state index >= 15 is 0 Å². The third-order valence-electron chi connectivity index (χ3n) is 2.35. The second-order valence-corrected chi connectivity index (χ2v) is 4.76. The van der Waals surface area contributed by atoms with Gasteiger partial charge in [0.25, 0.3) is 5.91 Å². The largest absolute Gasteiger partial charge is 0.436 e. The first-order valence-electron chi connectivity index (χ1n) is 5.41. The number of aryl methyl sites for hydroxylation is 2. The molecule has 17 heavy (non-hydrogen) atoms. The second-order valence-electron chi connectivity index (χ2n) is 3.73. The van der Waals surface area contributed by atoms with Crippen LogP contribution < -0.4 is 5.32 Å². The predicted octanol–water partition coefficient (Wildman–Crippen LogP) is 2.33. The fourth-order valence-corrected chi connectivity index (χ4v) is 2.29. The summed E-state index contributed by atoms with van der Waals surface area (Å²) in [5.41, 5.74) is 0.635. The summed E-state index contributed by atoms with van der Waals surface area (Å²) in [6.45, 7) is 4.11. The number of thiophene rings is 1. The number of oxazole rings is 1. The molecule has 5 heteroatoms. The highest BCUT2D eigenvalue weighted by atomic mass is 32.1. The van der Waals surface area contributed by atoms with Crippen LogP contribution in [0.5, 0.6) is 0 Å². The van der Waals surface area contributed by atoms with Crippen LogP contribution in [0.3, 0.4) is 0 Å². The lowest BCUT2D eigenvalue weighted by Crippen LogP contribution is -2.25. The lowest BCUT2D eigenvalue weighted by atomic mass is 10.3. The van der Waals surface area contributed by atoms with Crippen LogP contribution in [-0.4, -0.2) is 17.4 Å². The minimum absolute atomic E-state index is 0.195. The molecular formula is C12H14N2O2S. The van der Waals surface area contributed by atoms with Crippen LogP contribution in [0.25, 0.3) is 0 Å². The quantitative estimate of drug-likeness (QED) is 0.906. The third-order valence-corrected chi connectivity index (χ3v) is 3.28. The number of carbonyl (C=O) groups excluding carboxylic acids is 1. The summed E-state index contributed by atoms with van der Waals surface area (Å²) in [7, 11) is 0. The van der Waals surface area contributed by atoms with Crippen LogP contribution in [0.4, 0.5) is 0 Å². The van der Waals surface area contributed by atoms with Crippen molar-refractivity contribution in [2.45, 2.75) is 20.3 Å². The van der Waals surface area contributed by atoms with E-state index < -0.39 is 0 Å². The molecule has 2 aromatic heterocycles. The Hall–Kier alpha value is -1.62. The van der Waals surface area contributed by atoms with Crippen LogP contribution in [0.15, 0.2) is 21.9 Å². The number of hydrogen-bond acceptors (Lipinski definition) is 4. The Morgan fingerprint density at radius 2 is 2.35 bits per heavy atom. The molecule has 1 amide bonds.